The number of carbonyl (C=O) groups excluding carboxylic acids is 1. The Hall–Kier alpha value is -3.47. The van der Waals surface area contributed by atoms with Crippen molar-refractivity contribution in [3.63, 3.8) is 0 Å². The first-order valence-corrected chi connectivity index (χ1v) is 10.6. The van der Waals surface area contributed by atoms with Gasteiger partial charge in [0.05, 0.1) is 17.9 Å². The second-order valence-electron chi connectivity index (χ2n) is 6.70. The number of aromatic nitrogens is 1. The van der Waals surface area contributed by atoms with Crippen molar-refractivity contribution < 1.29 is 31.1 Å². The third-order valence-corrected chi connectivity index (χ3v) is 6.55. The van der Waals surface area contributed by atoms with E-state index in [0.717, 1.165) is 10.7 Å². The summed E-state index contributed by atoms with van der Waals surface area (Å²) in [4.78, 5) is 16.1. The number of oxazole rings is 1. The molecule has 0 fully saturated rings. The number of nitrogens with zero attached hydrogens (tertiary/aromatic N) is 2. The number of benzene rings is 2. The summed E-state index contributed by atoms with van der Waals surface area (Å²) in [6.45, 7) is 1.65. The summed E-state index contributed by atoms with van der Waals surface area (Å²) in [5.74, 6) is -0.448. The molecule has 162 valence electrons. The molecule has 2 aromatic carbocycles. The van der Waals surface area contributed by atoms with E-state index in [-0.39, 0.29) is 46.5 Å². The number of hydrogen-bond acceptors (Lipinski definition) is 6. The molecule has 1 amide bonds. The molecular weight excluding hydrogens is 432 g/mol. The minimum atomic E-state index is -4.09. The highest BCUT2D eigenvalue weighted by Crippen LogP contribution is 2.35. The molecule has 2 heterocycles. The van der Waals surface area contributed by atoms with Crippen molar-refractivity contribution in [2.45, 2.75) is 18.2 Å². The zero-order valence-electron chi connectivity index (χ0n) is 16.2. The second-order valence-corrected chi connectivity index (χ2v) is 8.53. The van der Waals surface area contributed by atoms with Crippen molar-refractivity contribution >= 4 is 27.3 Å². The summed E-state index contributed by atoms with van der Waals surface area (Å²) in [5, 5.41) is 2.57. The Balaban J connectivity index is 1.67. The molecule has 31 heavy (non-hydrogen) atoms. The lowest BCUT2D eigenvalue weighted by molar-refractivity contribution is 0.0995. The van der Waals surface area contributed by atoms with Crippen molar-refractivity contribution in [2.24, 2.45) is 0 Å². The largest absolute Gasteiger partial charge is 0.490 e. The maximum Gasteiger partial charge on any atom is 0.293 e. The third kappa shape index (κ3) is 3.96. The van der Waals surface area contributed by atoms with Gasteiger partial charge in [-0.15, -0.1) is 0 Å². The molecule has 0 saturated heterocycles. The molecule has 0 unspecified atom stereocenters. The summed E-state index contributed by atoms with van der Waals surface area (Å²) in [6, 6.07) is 9.23. The van der Waals surface area contributed by atoms with Crippen LogP contribution in [0.4, 0.5) is 20.2 Å². The Morgan fingerprint density at radius 3 is 2.58 bits per heavy atom. The molecule has 0 radical (unpaired) electrons. The molecule has 0 saturated carbocycles. The van der Waals surface area contributed by atoms with E-state index in [4.69, 9.17) is 9.15 Å². The highest BCUT2D eigenvalue weighted by molar-refractivity contribution is 7.93. The van der Waals surface area contributed by atoms with E-state index in [1.54, 1.807) is 6.92 Å². The first-order chi connectivity index (χ1) is 14.8. The second kappa shape index (κ2) is 7.99. The fourth-order valence-corrected chi connectivity index (χ4v) is 4.75. The van der Waals surface area contributed by atoms with Crippen LogP contribution >= 0.6 is 0 Å². The molecule has 11 heteroatoms. The van der Waals surface area contributed by atoms with E-state index in [9.17, 15) is 22.0 Å². The van der Waals surface area contributed by atoms with Crippen LogP contribution in [0.5, 0.6) is 5.75 Å². The van der Waals surface area contributed by atoms with Crippen LogP contribution in [-0.2, 0) is 10.0 Å². The lowest BCUT2D eigenvalue weighted by Gasteiger charge is -2.22. The minimum absolute atomic E-state index is 0.00907. The van der Waals surface area contributed by atoms with Gasteiger partial charge in [0.15, 0.2) is 6.39 Å². The zero-order valence-corrected chi connectivity index (χ0v) is 17.0. The number of hydrogen-bond donors (Lipinski definition) is 1. The van der Waals surface area contributed by atoms with Crippen LogP contribution in [0.25, 0.3) is 0 Å². The SMILES string of the molecule is Cc1ncoc1C(=O)Nc1ccc2c(c1)S(=O)(=O)N(c1ccc(C(F)F)cc1)CCO2. The lowest BCUT2D eigenvalue weighted by Crippen LogP contribution is -2.32. The van der Waals surface area contributed by atoms with E-state index in [1.807, 2.05) is 0 Å². The number of amides is 1. The first-order valence-electron chi connectivity index (χ1n) is 9.16. The number of nitrogens with one attached hydrogen (secondary N) is 1. The van der Waals surface area contributed by atoms with Gasteiger partial charge in [0.1, 0.15) is 17.3 Å². The molecule has 1 aliphatic rings. The van der Waals surface area contributed by atoms with E-state index >= 15 is 0 Å². The van der Waals surface area contributed by atoms with Crippen molar-refractivity contribution in [3.8, 4) is 5.75 Å². The van der Waals surface area contributed by atoms with Crippen LogP contribution in [0, 0.1) is 6.92 Å². The Morgan fingerprint density at radius 1 is 1.19 bits per heavy atom. The summed E-state index contributed by atoms with van der Waals surface area (Å²) < 4.78 is 64.0. The number of fused-ring (bicyclic) bond motifs is 1. The molecule has 0 atom stereocenters. The molecule has 3 aromatic rings. The Kier molecular flexibility index (Phi) is 5.36. The number of rotatable bonds is 4. The Morgan fingerprint density at radius 2 is 1.94 bits per heavy atom. The Labute approximate surface area is 176 Å². The van der Waals surface area contributed by atoms with Gasteiger partial charge in [-0.1, -0.05) is 12.1 Å². The fourth-order valence-electron chi connectivity index (χ4n) is 3.15. The normalized spacial score (nSPS) is 15.2. The third-order valence-electron chi connectivity index (χ3n) is 4.71. The molecule has 1 N–H and O–H groups in total. The molecular formula is C20H17F2N3O5S. The number of sulfonamides is 1. The van der Waals surface area contributed by atoms with Crippen molar-refractivity contribution in [2.75, 3.05) is 22.8 Å². The Bertz CT molecular complexity index is 1230. The van der Waals surface area contributed by atoms with Crippen molar-refractivity contribution in [1.29, 1.82) is 0 Å². The van der Waals surface area contributed by atoms with Crippen LogP contribution < -0.4 is 14.4 Å². The maximum absolute atomic E-state index is 13.3. The van der Waals surface area contributed by atoms with Crippen LogP contribution in [0.3, 0.4) is 0 Å². The average Bonchev–Trinajstić information content (AvgIpc) is 3.12. The van der Waals surface area contributed by atoms with Gasteiger partial charge in [-0.05, 0) is 37.3 Å². The molecule has 0 spiro atoms. The molecule has 1 aromatic heterocycles. The smallest absolute Gasteiger partial charge is 0.293 e. The predicted octanol–water partition coefficient (Wildman–Crippen LogP) is 3.76. The van der Waals surface area contributed by atoms with Gasteiger partial charge in [0.25, 0.3) is 22.4 Å². The van der Waals surface area contributed by atoms with Gasteiger partial charge in [0.2, 0.25) is 5.76 Å². The summed E-state index contributed by atoms with van der Waals surface area (Å²) in [5.41, 5.74) is 0.621. The van der Waals surface area contributed by atoms with Gasteiger partial charge in [-0.2, -0.15) is 0 Å². The van der Waals surface area contributed by atoms with Gasteiger partial charge in [0, 0.05) is 11.3 Å². The summed E-state index contributed by atoms with van der Waals surface area (Å²) >= 11 is 0. The molecule has 0 bridgehead atoms. The number of carbonyl (C=O) groups is 1. The standard InChI is InChI=1S/C20H17F2N3O5S/c1-12-18(30-11-23-12)20(26)24-14-4-7-16-17(10-14)31(27,28)25(8-9-29-16)15-5-2-13(3-6-15)19(21)22/h2-7,10-11,19H,8-9H2,1H3,(H,24,26). The maximum atomic E-state index is 13.3. The first kappa shape index (κ1) is 20.8. The summed E-state index contributed by atoms with van der Waals surface area (Å²) in [6.07, 6.45) is -1.52. The van der Waals surface area contributed by atoms with Crippen molar-refractivity contribution in [1.82, 2.24) is 4.98 Å². The van der Waals surface area contributed by atoms with E-state index in [0.29, 0.717) is 5.69 Å². The van der Waals surface area contributed by atoms with Gasteiger partial charge in [-0.3, -0.25) is 9.10 Å². The predicted molar refractivity (Wildman–Crippen MR) is 107 cm³/mol. The highest BCUT2D eigenvalue weighted by Gasteiger charge is 2.32. The molecule has 0 aliphatic carbocycles. The van der Waals surface area contributed by atoms with E-state index in [1.165, 1.54) is 42.5 Å². The molecule has 1 aliphatic heterocycles. The number of alkyl halides is 2. The number of anilines is 2. The van der Waals surface area contributed by atoms with Crippen LogP contribution in [0.1, 0.15) is 28.2 Å². The molecule has 4 rings (SSSR count). The monoisotopic (exact) mass is 449 g/mol. The lowest BCUT2D eigenvalue weighted by atomic mass is 10.2. The van der Waals surface area contributed by atoms with Gasteiger partial charge in [-0.25, -0.2) is 22.2 Å². The van der Waals surface area contributed by atoms with Crippen LogP contribution in [0.15, 0.2) is 58.2 Å². The molecule has 8 nitrogen and oxygen atoms in total. The quantitative estimate of drug-likeness (QED) is 0.651. The average molecular weight is 449 g/mol. The van der Waals surface area contributed by atoms with Crippen LogP contribution in [-0.4, -0.2) is 32.5 Å². The number of aryl methyl sites for hydroxylation is 1. The summed E-state index contributed by atoms with van der Waals surface area (Å²) in [7, 11) is -4.09. The van der Waals surface area contributed by atoms with E-state index < -0.39 is 22.4 Å². The number of halogens is 2. The van der Waals surface area contributed by atoms with Crippen molar-refractivity contribution in [3.05, 3.63) is 65.9 Å². The highest BCUT2D eigenvalue weighted by atomic mass is 32.2. The zero-order chi connectivity index (χ0) is 22.2. The number of ether oxygens (including phenoxy) is 1. The van der Waals surface area contributed by atoms with Crippen LogP contribution in [0.2, 0.25) is 0 Å². The van der Waals surface area contributed by atoms with Gasteiger partial charge >= 0.3 is 0 Å². The topological polar surface area (TPSA) is 102 Å². The minimum Gasteiger partial charge on any atom is -0.490 e. The fraction of sp³-hybridized carbons (Fsp3) is 0.200. The van der Waals surface area contributed by atoms with E-state index in [2.05, 4.69) is 10.3 Å². The van der Waals surface area contributed by atoms with Gasteiger partial charge < -0.3 is 14.5 Å².